The summed E-state index contributed by atoms with van der Waals surface area (Å²) in [4.78, 5) is 7.29. The number of benzene rings is 2. The highest BCUT2D eigenvalue weighted by Gasteiger charge is 2.35. The van der Waals surface area contributed by atoms with Crippen LogP contribution in [0.3, 0.4) is 0 Å². The van der Waals surface area contributed by atoms with Gasteiger partial charge in [0.2, 0.25) is 0 Å². The number of hydrazone groups is 1. The predicted molar refractivity (Wildman–Crippen MR) is 133 cm³/mol. The molecule has 1 aliphatic rings. The largest absolute Gasteiger partial charge is 0.493 e. The van der Waals surface area contributed by atoms with E-state index in [9.17, 15) is 22.0 Å². The fourth-order valence-corrected chi connectivity index (χ4v) is 4.04. The molecule has 1 aliphatic heterocycles. The standard InChI is InChI=1S/C27H24F5N5O2/c1-3-15(2)14-38-16-7-8-18(20(9-16)27(30,31)32)22-10-17(39-36-22)12-37-13-24-23(11-33-37)34-26(35-24)19-5-4-6-21(28)25(19)29/h4-11,15H,3,12-14H2,1-2H3,(H,34,35)/t15-/m0/s1. The van der Waals surface area contributed by atoms with Crippen LogP contribution in [0.15, 0.2) is 52.1 Å². The number of imidazole rings is 1. The molecule has 3 heterocycles. The second-order valence-electron chi connectivity index (χ2n) is 9.32. The number of alkyl halides is 3. The van der Waals surface area contributed by atoms with Crippen LogP contribution in [0.5, 0.6) is 5.75 Å². The van der Waals surface area contributed by atoms with Crippen LogP contribution in [0, 0.1) is 17.6 Å². The maximum absolute atomic E-state index is 14.2. The number of hydrogen-bond donors (Lipinski definition) is 1. The average molecular weight is 546 g/mol. The van der Waals surface area contributed by atoms with E-state index < -0.39 is 23.4 Å². The Bertz CT molecular complexity index is 1510. The molecule has 0 saturated heterocycles. The lowest BCUT2D eigenvalue weighted by Gasteiger charge is -2.19. The van der Waals surface area contributed by atoms with Gasteiger partial charge in [0, 0.05) is 11.6 Å². The first kappa shape index (κ1) is 26.4. The molecule has 5 rings (SSSR count). The summed E-state index contributed by atoms with van der Waals surface area (Å²) in [7, 11) is 0. The first-order valence-electron chi connectivity index (χ1n) is 12.2. The maximum Gasteiger partial charge on any atom is 0.417 e. The quantitative estimate of drug-likeness (QED) is 0.246. The van der Waals surface area contributed by atoms with Gasteiger partial charge in [-0.1, -0.05) is 31.5 Å². The van der Waals surface area contributed by atoms with Crippen molar-refractivity contribution in [1.82, 2.24) is 20.1 Å². The van der Waals surface area contributed by atoms with Gasteiger partial charge >= 0.3 is 6.18 Å². The number of aromatic nitrogens is 3. The van der Waals surface area contributed by atoms with Gasteiger partial charge in [-0.15, -0.1) is 0 Å². The van der Waals surface area contributed by atoms with Crippen molar-refractivity contribution in [3.63, 3.8) is 0 Å². The highest BCUT2D eigenvalue weighted by Crippen LogP contribution is 2.39. The summed E-state index contributed by atoms with van der Waals surface area (Å²) in [6.07, 6.45) is -2.30. The van der Waals surface area contributed by atoms with Crippen molar-refractivity contribution in [1.29, 1.82) is 0 Å². The molecule has 0 aliphatic carbocycles. The van der Waals surface area contributed by atoms with Crippen LogP contribution in [0.25, 0.3) is 22.6 Å². The molecule has 0 radical (unpaired) electrons. The minimum atomic E-state index is -4.63. The summed E-state index contributed by atoms with van der Waals surface area (Å²) in [5, 5.41) is 9.71. The summed E-state index contributed by atoms with van der Waals surface area (Å²) in [5.74, 6) is -1.22. The van der Waals surface area contributed by atoms with E-state index in [-0.39, 0.29) is 53.2 Å². The number of H-pyrrole nitrogens is 1. The van der Waals surface area contributed by atoms with Crippen LogP contribution in [-0.2, 0) is 19.3 Å². The Morgan fingerprint density at radius 3 is 2.72 bits per heavy atom. The maximum atomic E-state index is 14.2. The summed E-state index contributed by atoms with van der Waals surface area (Å²) >= 11 is 0. The van der Waals surface area contributed by atoms with Gasteiger partial charge in [-0.2, -0.15) is 18.3 Å². The van der Waals surface area contributed by atoms with Crippen molar-refractivity contribution in [2.75, 3.05) is 6.61 Å². The molecule has 39 heavy (non-hydrogen) atoms. The van der Waals surface area contributed by atoms with Gasteiger partial charge < -0.3 is 14.2 Å². The van der Waals surface area contributed by atoms with Crippen LogP contribution in [0.4, 0.5) is 22.0 Å². The lowest BCUT2D eigenvalue weighted by molar-refractivity contribution is -0.137. The molecule has 12 heteroatoms. The minimum absolute atomic E-state index is 0.0130. The summed E-state index contributed by atoms with van der Waals surface area (Å²) in [6.45, 7) is 4.54. The number of rotatable bonds is 8. The molecule has 1 N–H and O–H groups in total. The van der Waals surface area contributed by atoms with Crippen molar-refractivity contribution in [3.05, 3.63) is 76.8 Å². The first-order chi connectivity index (χ1) is 18.6. The van der Waals surface area contributed by atoms with Gasteiger partial charge in [-0.05, 0) is 36.2 Å². The number of ether oxygens (including phenoxy) is 1. The van der Waals surface area contributed by atoms with Gasteiger partial charge in [-0.3, -0.25) is 5.01 Å². The third kappa shape index (κ3) is 5.64. The Hall–Kier alpha value is -4.22. The van der Waals surface area contributed by atoms with Gasteiger partial charge in [0.1, 0.15) is 17.3 Å². The molecular formula is C27H24F5N5O2. The molecule has 204 valence electrons. The molecule has 0 fully saturated rings. The third-order valence-electron chi connectivity index (χ3n) is 6.40. The fourth-order valence-electron chi connectivity index (χ4n) is 4.04. The Labute approximate surface area is 220 Å². The van der Waals surface area contributed by atoms with Gasteiger partial charge in [0.15, 0.2) is 17.4 Å². The second-order valence-corrected chi connectivity index (χ2v) is 9.32. The molecule has 0 unspecified atom stereocenters. The third-order valence-corrected chi connectivity index (χ3v) is 6.40. The lowest BCUT2D eigenvalue weighted by atomic mass is 10.0. The predicted octanol–water partition coefficient (Wildman–Crippen LogP) is 6.80. The van der Waals surface area contributed by atoms with E-state index in [1.807, 2.05) is 13.8 Å². The number of halogens is 5. The number of nitrogens with one attached hydrogen (secondary N) is 1. The van der Waals surface area contributed by atoms with Crippen molar-refractivity contribution in [3.8, 4) is 28.4 Å². The van der Waals surface area contributed by atoms with Crippen molar-refractivity contribution in [2.45, 2.75) is 39.5 Å². The van der Waals surface area contributed by atoms with E-state index in [0.717, 1.165) is 18.6 Å². The Morgan fingerprint density at radius 2 is 1.95 bits per heavy atom. The molecular weight excluding hydrogens is 521 g/mol. The summed E-state index contributed by atoms with van der Waals surface area (Å²) in [6, 6.07) is 9.01. The molecule has 2 aromatic carbocycles. The number of nitrogens with zero attached hydrogens (tertiary/aromatic N) is 4. The van der Waals surface area contributed by atoms with E-state index in [0.29, 0.717) is 18.0 Å². The minimum Gasteiger partial charge on any atom is -0.493 e. The monoisotopic (exact) mass is 545 g/mol. The van der Waals surface area contributed by atoms with Gasteiger partial charge in [0.05, 0.1) is 48.4 Å². The molecule has 0 amide bonds. The van der Waals surface area contributed by atoms with E-state index in [1.165, 1.54) is 36.5 Å². The van der Waals surface area contributed by atoms with Crippen LogP contribution >= 0.6 is 0 Å². The van der Waals surface area contributed by atoms with E-state index in [2.05, 4.69) is 20.2 Å². The molecule has 0 spiro atoms. The molecule has 1 atom stereocenters. The van der Waals surface area contributed by atoms with Crippen molar-refractivity contribution < 1.29 is 31.2 Å². The summed E-state index contributed by atoms with van der Waals surface area (Å²) < 4.78 is 80.3. The zero-order valence-corrected chi connectivity index (χ0v) is 21.0. The Morgan fingerprint density at radius 1 is 1.13 bits per heavy atom. The van der Waals surface area contributed by atoms with E-state index in [4.69, 9.17) is 9.26 Å². The summed E-state index contributed by atoms with van der Waals surface area (Å²) in [5.41, 5.74) is 0.0756. The molecule has 0 saturated carbocycles. The van der Waals surface area contributed by atoms with Crippen molar-refractivity contribution >= 4 is 6.21 Å². The second kappa shape index (κ2) is 10.5. The smallest absolute Gasteiger partial charge is 0.417 e. The zero-order chi connectivity index (χ0) is 27.7. The van der Waals surface area contributed by atoms with Gasteiger partial charge in [-0.25, -0.2) is 13.8 Å². The highest BCUT2D eigenvalue weighted by molar-refractivity contribution is 5.80. The Balaban J connectivity index is 1.32. The van der Waals surface area contributed by atoms with Crippen LogP contribution in [-0.4, -0.2) is 33.0 Å². The molecule has 4 aromatic rings. The van der Waals surface area contributed by atoms with E-state index >= 15 is 0 Å². The van der Waals surface area contributed by atoms with E-state index in [1.54, 1.807) is 5.01 Å². The molecule has 2 aromatic heterocycles. The zero-order valence-electron chi connectivity index (χ0n) is 21.0. The average Bonchev–Trinajstić information content (AvgIpc) is 3.55. The normalized spacial score (nSPS) is 14.0. The fraction of sp³-hybridized carbons (Fsp3) is 0.296. The first-order valence-corrected chi connectivity index (χ1v) is 12.2. The number of hydrogen-bond acceptors (Lipinski definition) is 6. The SMILES string of the molecule is CC[C@H](C)COc1ccc(-c2cc(CN3Cc4nc(-c5cccc(F)c5F)[nH]c4C=N3)on2)c(C(F)(F)F)c1. The van der Waals surface area contributed by atoms with Crippen LogP contribution in [0.2, 0.25) is 0 Å². The van der Waals surface area contributed by atoms with Gasteiger partial charge in [0.25, 0.3) is 0 Å². The highest BCUT2D eigenvalue weighted by atomic mass is 19.4. The van der Waals surface area contributed by atoms with Crippen LogP contribution < -0.4 is 4.74 Å². The topological polar surface area (TPSA) is 79.5 Å². The molecule has 7 nitrogen and oxygen atoms in total. The number of aromatic amines is 1. The Kier molecular flexibility index (Phi) is 7.11. The lowest BCUT2D eigenvalue weighted by Crippen LogP contribution is -2.21. The van der Waals surface area contributed by atoms with Crippen LogP contribution in [0.1, 0.15) is 43.0 Å². The van der Waals surface area contributed by atoms with Crippen molar-refractivity contribution in [2.24, 2.45) is 11.0 Å². The number of fused-ring (bicyclic) bond motifs is 1. The molecule has 0 bridgehead atoms.